The summed E-state index contributed by atoms with van der Waals surface area (Å²) in [6.45, 7) is 13.2. The predicted molar refractivity (Wildman–Crippen MR) is 167 cm³/mol. The summed E-state index contributed by atoms with van der Waals surface area (Å²) < 4.78 is 4.73. The van der Waals surface area contributed by atoms with Crippen molar-refractivity contribution in [2.45, 2.75) is 59.5 Å². The van der Waals surface area contributed by atoms with Gasteiger partial charge in [-0.15, -0.1) is 0 Å². The van der Waals surface area contributed by atoms with Crippen LogP contribution < -0.4 is 10.6 Å². The number of nitrogens with zero attached hydrogens (tertiary/aromatic N) is 3. The molecule has 1 aromatic heterocycles. The number of amidine groups is 2. The van der Waals surface area contributed by atoms with Gasteiger partial charge in [0.1, 0.15) is 22.6 Å². The van der Waals surface area contributed by atoms with E-state index in [2.05, 4.69) is 25.6 Å². The summed E-state index contributed by atoms with van der Waals surface area (Å²) in [7, 11) is 1.34. The maximum Gasteiger partial charge on any atom is 0.338 e. The largest absolute Gasteiger partial charge is 0.478 e. The minimum absolute atomic E-state index is 0.0197. The summed E-state index contributed by atoms with van der Waals surface area (Å²) in [5.74, 6) is -1.08. The molecule has 2 unspecified atom stereocenters. The molecule has 230 valence electrons. The quantitative estimate of drug-likeness (QED) is 0.356. The van der Waals surface area contributed by atoms with E-state index >= 15 is 0 Å². The number of carboxylic acid groups (broad SMARTS) is 1. The van der Waals surface area contributed by atoms with Crippen molar-refractivity contribution in [3.8, 4) is 0 Å². The number of carbonyl (C=O) groups is 4. The summed E-state index contributed by atoms with van der Waals surface area (Å²) in [4.78, 5) is 61.1. The van der Waals surface area contributed by atoms with Crippen LogP contribution in [0.3, 0.4) is 0 Å². The number of methoxy groups -OCH3 is 1. The van der Waals surface area contributed by atoms with Crippen molar-refractivity contribution in [2.24, 2.45) is 21.8 Å². The van der Waals surface area contributed by atoms with E-state index in [9.17, 15) is 24.3 Å². The van der Waals surface area contributed by atoms with Crippen LogP contribution in [0.4, 0.5) is 0 Å². The number of aryl methyl sites for hydroxylation is 1. The summed E-state index contributed by atoms with van der Waals surface area (Å²) in [6.07, 6.45) is 0. The van der Waals surface area contributed by atoms with Gasteiger partial charge in [0.25, 0.3) is 11.8 Å². The molecule has 2 aromatic carbocycles. The fraction of sp³-hybridized carbons (Fsp3) is 0.364. The number of esters is 1. The van der Waals surface area contributed by atoms with E-state index in [-0.39, 0.29) is 40.7 Å². The highest BCUT2D eigenvalue weighted by molar-refractivity contribution is 6.18. The molecule has 0 fully saturated rings. The molecule has 3 aromatic rings. The first-order chi connectivity index (χ1) is 20.6. The highest BCUT2D eigenvalue weighted by Crippen LogP contribution is 2.29. The normalized spacial score (nSPS) is 21.0. The molecule has 2 aliphatic rings. The molecule has 0 radical (unpaired) electrons. The van der Waals surface area contributed by atoms with Crippen LogP contribution in [0.1, 0.15) is 79.1 Å². The van der Waals surface area contributed by atoms with Crippen molar-refractivity contribution in [3.05, 3.63) is 76.5 Å². The van der Waals surface area contributed by atoms with E-state index in [0.29, 0.717) is 16.9 Å². The van der Waals surface area contributed by atoms with E-state index in [1.165, 1.54) is 7.11 Å². The number of hydrogen-bond donors (Lipinski definition) is 3. The maximum absolute atomic E-state index is 12.3. The van der Waals surface area contributed by atoms with Crippen LogP contribution in [0, 0.1) is 18.8 Å². The Labute approximate surface area is 255 Å². The number of carbonyl (C=O) groups excluding carboxylic acids is 3. The number of aromatic nitrogens is 1. The molecule has 44 heavy (non-hydrogen) atoms. The average Bonchev–Trinajstić information content (AvgIpc) is 3.48. The standard InChI is InChI=1S/C17H17N3O3.C16H20N2O3/c1-9(2)17(3)16(23)19-14(20-17)13-11(15(21)22)8-10-6-4-5-7-12(10)18-13;1-9(2)16(4)15(20)17-13(18-16)12-8-11(14(19)21-5)7-6-10(12)3/h4-9H,1-3H3,(H,21,22)(H,19,20,23);6-9H,1-5H3,(H,17,18,20). The number of pyridine rings is 1. The lowest BCUT2D eigenvalue weighted by Gasteiger charge is -2.21. The van der Waals surface area contributed by atoms with Crippen molar-refractivity contribution in [2.75, 3.05) is 7.11 Å². The lowest BCUT2D eigenvalue weighted by molar-refractivity contribution is -0.125. The van der Waals surface area contributed by atoms with Crippen molar-refractivity contribution in [3.63, 3.8) is 0 Å². The SMILES string of the molecule is CC(C)C1(C)N=C(c2nc3ccccc3cc2C(=O)O)NC1=O.COC(=O)c1ccc(C)c(C2=NC(C)(C(C)C)C(=O)N2)c1. The van der Waals surface area contributed by atoms with Crippen LogP contribution >= 0.6 is 0 Å². The second-order valence-electron chi connectivity index (χ2n) is 11.8. The molecular weight excluding hydrogens is 562 g/mol. The highest BCUT2D eigenvalue weighted by atomic mass is 16.5. The van der Waals surface area contributed by atoms with Gasteiger partial charge in [-0.2, -0.15) is 0 Å². The summed E-state index contributed by atoms with van der Waals surface area (Å²) in [6, 6.07) is 14.0. The van der Waals surface area contributed by atoms with Gasteiger partial charge in [0.2, 0.25) is 0 Å². The van der Waals surface area contributed by atoms with E-state index in [0.717, 1.165) is 16.5 Å². The fourth-order valence-electron chi connectivity index (χ4n) is 4.69. The van der Waals surface area contributed by atoms with Gasteiger partial charge in [-0.1, -0.05) is 52.0 Å². The van der Waals surface area contributed by atoms with Crippen LogP contribution in [0.5, 0.6) is 0 Å². The first-order valence-corrected chi connectivity index (χ1v) is 14.3. The van der Waals surface area contributed by atoms with Crippen LogP contribution in [-0.2, 0) is 14.3 Å². The van der Waals surface area contributed by atoms with Gasteiger partial charge >= 0.3 is 11.9 Å². The minimum atomic E-state index is -1.10. The molecule has 3 heterocycles. The van der Waals surface area contributed by atoms with Crippen LogP contribution in [0.2, 0.25) is 0 Å². The maximum atomic E-state index is 12.3. The number of aromatic carboxylic acids is 1. The lowest BCUT2D eigenvalue weighted by atomic mass is 9.89. The number of ether oxygens (including phenoxy) is 1. The molecule has 0 spiro atoms. The number of rotatable bonds is 6. The molecule has 11 nitrogen and oxygen atoms in total. The number of amides is 2. The van der Waals surface area contributed by atoms with Crippen LogP contribution in [0.15, 0.2) is 58.5 Å². The molecule has 0 saturated carbocycles. The Balaban J connectivity index is 0.000000202. The Morgan fingerprint density at radius 3 is 1.98 bits per heavy atom. The number of nitrogens with one attached hydrogen (secondary N) is 2. The zero-order chi connectivity index (χ0) is 32.6. The number of hydrogen-bond acceptors (Lipinski definition) is 8. The van der Waals surface area contributed by atoms with E-state index < -0.39 is 23.0 Å². The molecule has 3 N–H and O–H groups in total. The van der Waals surface area contributed by atoms with Gasteiger partial charge in [0.15, 0.2) is 5.84 Å². The van der Waals surface area contributed by atoms with Gasteiger partial charge in [-0.25, -0.2) is 19.6 Å². The molecule has 2 aliphatic heterocycles. The summed E-state index contributed by atoms with van der Waals surface area (Å²) in [5, 5.41) is 15.7. The van der Waals surface area contributed by atoms with Crippen molar-refractivity contribution in [1.29, 1.82) is 0 Å². The first-order valence-electron chi connectivity index (χ1n) is 14.3. The fourth-order valence-corrected chi connectivity index (χ4v) is 4.69. The smallest absolute Gasteiger partial charge is 0.338 e. The van der Waals surface area contributed by atoms with Gasteiger partial charge in [0, 0.05) is 10.9 Å². The van der Waals surface area contributed by atoms with Gasteiger partial charge < -0.3 is 20.5 Å². The number of para-hydroxylation sites is 1. The Bertz CT molecular complexity index is 1740. The van der Waals surface area contributed by atoms with E-state index in [1.807, 2.05) is 59.7 Å². The molecule has 2 amide bonds. The second kappa shape index (κ2) is 12.0. The minimum Gasteiger partial charge on any atom is -0.478 e. The van der Waals surface area contributed by atoms with E-state index in [4.69, 9.17) is 4.74 Å². The van der Waals surface area contributed by atoms with Crippen molar-refractivity contribution < 1.29 is 29.0 Å². The van der Waals surface area contributed by atoms with Crippen LogP contribution in [-0.4, -0.2) is 63.7 Å². The number of benzene rings is 2. The Hall–Kier alpha value is -4.93. The molecule has 11 heteroatoms. The zero-order valence-electron chi connectivity index (χ0n) is 26.1. The monoisotopic (exact) mass is 599 g/mol. The lowest BCUT2D eigenvalue weighted by Crippen LogP contribution is -2.41. The zero-order valence-corrected chi connectivity index (χ0v) is 26.1. The van der Waals surface area contributed by atoms with Gasteiger partial charge in [0.05, 0.1) is 23.8 Å². The third kappa shape index (κ3) is 5.82. The van der Waals surface area contributed by atoms with Crippen molar-refractivity contribution >= 4 is 46.3 Å². The first kappa shape index (κ1) is 32.0. The molecular formula is C33H37N5O6. The van der Waals surface area contributed by atoms with Crippen molar-refractivity contribution in [1.82, 2.24) is 15.6 Å². The highest BCUT2D eigenvalue weighted by Gasteiger charge is 2.43. The molecule has 0 saturated heterocycles. The van der Waals surface area contributed by atoms with Gasteiger partial charge in [-0.05, 0) is 62.4 Å². The number of carboxylic acids is 1. The third-order valence-electron chi connectivity index (χ3n) is 8.41. The summed E-state index contributed by atoms with van der Waals surface area (Å²) >= 11 is 0. The molecule has 0 bridgehead atoms. The van der Waals surface area contributed by atoms with Crippen LogP contribution in [0.25, 0.3) is 10.9 Å². The third-order valence-corrected chi connectivity index (χ3v) is 8.41. The molecule has 2 atom stereocenters. The molecule has 0 aliphatic carbocycles. The number of aliphatic imine (C=N–C) groups is 2. The molecule has 5 rings (SSSR count). The Morgan fingerprint density at radius 2 is 1.43 bits per heavy atom. The Kier molecular flexibility index (Phi) is 8.71. The number of fused-ring (bicyclic) bond motifs is 1. The van der Waals surface area contributed by atoms with E-state index in [1.54, 1.807) is 37.3 Å². The second-order valence-corrected chi connectivity index (χ2v) is 11.8. The predicted octanol–water partition coefficient (Wildman–Crippen LogP) is 4.30. The summed E-state index contributed by atoms with van der Waals surface area (Å²) in [5.41, 5.74) is 1.30. The van der Waals surface area contributed by atoms with Gasteiger partial charge in [-0.3, -0.25) is 14.6 Å². The topological polar surface area (TPSA) is 159 Å². The average molecular weight is 600 g/mol. The Morgan fingerprint density at radius 1 is 0.864 bits per heavy atom.